The molecular formula is C22H20ClN3O3. The van der Waals surface area contributed by atoms with Crippen molar-refractivity contribution in [3.05, 3.63) is 58.1 Å². The largest absolute Gasteiger partial charge is 0.391 e. The molecule has 29 heavy (non-hydrogen) atoms. The number of hydrogen-bond acceptors (Lipinski definition) is 3. The Morgan fingerprint density at radius 2 is 2.07 bits per heavy atom. The molecule has 0 spiro atoms. The third kappa shape index (κ3) is 3.09. The number of aliphatic hydroxyl groups is 1. The van der Waals surface area contributed by atoms with Crippen molar-refractivity contribution >= 4 is 34.3 Å². The second kappa shape index (κ2) is 6.90. The van der Waals surface area contributed by atoms with Crippen LogP contribution in [0.2, 0.25) is 5.02 Å². The number of aliphatic hydroxyl groups excluding tert-OH is 1. The average molecular weight is 410 g/mol. The van der Waals surface area contributed by atoms with Gasteiger partial charge in [-0.1, -0.05) is 17.7 Å². The van der Waals surface area contributed by atoms with E-state index in [4.69, 9.17) is 11.6 Å². The van der Waals surface area contributed by atoms with Crippen LogP contribution in [0, 0.1) is 0 Å². The normalized spacial score (nSPS) is 18.8. The molecule has 3 heterocycles. The van der Waals surface area contributed by atoms with E-state index >= 15 is 0 Å². The summed E-state index contributed by atoms with van der Waals surface area (Å²) in [5, 5.41) is 14.2. The summed E-state index contributed by atoms with van der Waals surface area (Å²) in [4.78, 5) is 30.2. The maximum atomic E-state index is 12.8. The highest BCUT2D eigenvalue weighted by atomic mass is 35.5. The van der Waals surface area contributed by atoms with E-state index in [-0.39, 0.29) is 11.8 Å². The summed E-state index contributed by atoms with van der Waals surface area (Å²) in [6.07, 6.45) is 1.10. The summed E-state index contributed by atoms with van der Waals surface area (Å²) in [6.45, 7) is 1.47. The number of amides is 2. The van der Waals surface area contributed by atoms with Gasteiger partial charge < -0.3 is 20.3 Å². The van der Waals surface area contributed by atoms with Crippen LogP contribution in [0.5, 0.6) is 0 Å². The number of fused-ring (bicyclic) bond motifs is 2. The first-order valence-corrected chi connectivity index (χ1v) is 10.1. The molecule has 0 radical (unpaired) electrons. The van der Waals surface area contributed by atoms with Crippen LogP contribution in [0.25, 0.3) is 22.2 Å². The molecule has 0 aliphatic carbocycles. The second-order valence-corrected chi connectivity index (χ2v) is 8.07. The molecule has 2 aromatic carbocycles. The number of H-pyrrole nitrogens is 1. The Labute approximate surface area is 172 Å². The molecule has 2 amide bonds. The van der Waals surface area contributed by atoms with Gasteiger partial charge in [-0.3, -0.25) is 9.59 Å². The fourth-order valence-corrected chi connectivity index (χ4v) is 4.49. The lowest BCUT2D eigenvalue weighted by Crippen LogP contribution is -2.42. The molecule has 148 valence electrons. The van der Waals surface area contributed by atoms with E-state index in [1.54, 1.807) is 17.0 Å². The Morgan fingerprint density at radius 1 is 1.21 bits per heavy atom. The van der Waals surface area contributed by atoms with Crippen LogP contribution in [0.15, 0.2) is 36.4 Å². The first kappa shape index (κ1) is 18.2. The zero-order valence-electron chi connectivity index (χ0n) is 15.7. The number of nitrogens with one attached hydrogen (secondary N) is 2. The van der Waals surface area contributed by atoms with Gasteiger partial charge in [0.1, 0.15) is 0 Å². The summed E-state index contributed by atoms with van der Waals surface area (Å²) >= 11 is 6.25. The number of aromatic nitrogens is 1. The minimum Gasteiger partial charge on any atom is -0.391 e. The molecule has 7 heteroatoms. The molecule has 1 aromatic heterocycles. The van der Waals surface area contributed by atoms with Crippen molar-refractivity contribution in [3.63, 3.8) is 0 Å². The van der Waals surface area contributed by atoms with Crippen LogP contribution in [0.1, 0.15) is 39.1 Å². The van der Waals surface area contributed by atoms with Crippen LogP contribution in [0.4, 0.5) is 0 Å². The number of benzene rings is 2. The van der Waals surface area contributed by atoms with Crippen LogP contribution in [0.3, 0.4) is 0 Å². The molecule has 3 aromatic rings. The fourth-order valence-electron chi connectivity index (χ4n) is 4.27. The molecule has 1 atom stereocenters. The number of aromatic amines is 1. The standard InChI is InChI=1S/C22H20ClN3O3/c23-17-5-4-15(20-16(17)10-24-21(20)28)19-9-13-8-12(3-6-18(13)25-19)22(29)26-7-1-2-14(27)11-26/h3-6,8-9,14,25,27H,1-2,7,10-11H2,(H,24,28). The Hall–Kier alpha value is -2.83. The molecule has 6 nitrogen and oxygen atoms in total. The first-order chi connectivity index (χ1) is 14.0. The minimum absolute atomic E-state index is 0.0693. The van der Waals surface area contributed by atoms with E-state index in [9.17, 15) is 14.7 Å². The molecule has 1 fully saturated rings. The van der Waals surface area contributed by atoms with E-state index in [1.807, 2.05) is 24.3 Å². The summed E-state index contributed by atoms with van der Waals surface area (Å²) in [5.41, 5.74) is 4.49. The van der Waals surface area contributed by atoms with Crippen molar-refractivity contribution in [1.82, 2.24) is 15.2 Å². The average Bonchev–Trinajstić information content (AvgIpc) is 3.32. The Kier molecular flexibility index (Phi) is 4.33. The predicted molar refractivity (Wildman–Crippen MR) is 111 cm³/mol. The smallest absolute Gasteiger partial charge is 0.253 e. The quantitative estimate of drug-likeness (QED) is 0.607. The lowest BCUT2D eigenvalue weighted by Gasteiger charge is -2.30. The molecule has 2 aliphatic rings. The topological polar surface area (TPSA) is 85.4 Å². The number of carbonyl (C=O) groups excluding carboxylic acids is 2. The highest BCUT2D eigenvalue weighted by Gasteiger charge is 2.27. The Bertz CT molecular complexity index is 1150. The number of piperidine rings is 1. The number of carbonyl (C=O) groups is 2. The Morgan fingerprint density at radius 3 is 2.90 bits per heavy atom. The monoisotopic (exact) mass is 409 g/mol. The van der Waals surface area contributed by atoms with Crippen molar-refractivity contribution in [2.24, 2.45) is 0 Å². The van der Waals surface area contributed by atoms with Gasteiger partial charge in [0.15, 0.2) is 0 Å². The maximum absolute atomic E-state index is 12.8. The highest BCUT2D eigenvalue weighted by molar-refractivity contribution is 6.32. The van der Waals surface area contributed by atoms with E-state index in [0.717, 1.165) is 40.6 Å². The summed E-state index contributed by atoms with van der Waals surface area (Å²) < 4.78 is 0. The number of likely N-dealkylation sites (tertiary alicyclic amines) is 1. The minimum atomic E-state index is -0.451. The molecule has 0 bridgehead atoms. The fraction of sp³-hybridized carbons (Fsp3) is 0.273. The lowest BCUT2D eigenvalue weighted by atomic mass is 10.0. The van der Waals surface area contributed by atoms with E-state index in [1.165, 1.54) is 0 Å². The third-order valence-corrected chi connectivity index (χ3v) is 6.10. The molecular weight excluding hydrogens is 390 g/mol. The van der Waals surface area contributed by atoms with Gasteiger partial charge in [0.05, 0.1) is 11.7 Å². The molecule has 5 rings (SSSR count). The zero-order chi connectivity index (χ0) is 20.1. The van der Waals surface area contributed by atoms with E-state index < -0.39 is 6.10 Å². The molecule has 2 aliphatic heterocycles. The summed E-state index contributed by atoms with van der Waals surface area (Å²) in [5.74, 6) is -0.198. The van der Waals surface area contributed by atoms with Crippen molar-refractivity contribution in [2.45, 2.75) is 25.5 Å². The van der Waals surface area contributed by atoms with Gasteiger partial charge in [-0.15, -0.1) is 0 Å². The number of rotatable bonds is 2. The maximum Gasteiger partial charge on any atom is 0.253 e. The van der Waals surface area contributed by atoms with Gasteiger partial charge in [-0.2, -0.15) is 0 Å². The summed E-state index contributed by atoms with van der Waals surface area (Å²) in [6, 6.07) is 11.1. The third-order valence-electron chi connectivity index (χ3n) is 5.75. The predicted octanol–water partition coefficient (Wildman–Crippen LogP) is 3.33. The Balaban J connectivity index is 1.52. The van der Waals surface area contributed by atoms with Gasteiger partial charge in [-0.05, 0) is 43.2 Å². The van der Waals surface area contributed by atoms with Crippen LogP contribution in [-0.4, -0.2) is 46.0 Å². The van der Waals surface area contributed by atoms with Crippen molar-refractivity contribution in [1.29, 1.82) is 0 Å². The number of nitrogens with zero attached hydrogens (tertiary/aromatic N) is 1. The van der Waals surface area contributed by atoms with Crippen molar-refractivity contribution in [3.8, 4) is 11.3 Å². The zero-order valence-corrected chi connectivity index (χ0v) is 16.4. The van der Waals surface area contributed by atoms with Crippen LogP contribution in [-0.2, 0) is 6.54 Å². The first-order valence-electron chi connectivity index (χ1n) is 9.71. The number of hydrogen-bond donors (Lipinski definition) is 3. The molecule has 1 unspecified atom stereocenters. The molecule has 0 saturated carbocycles. The SMILES string of the molecule is O=C1NCc2c(Cl)ccc(-c3cc4cc(C(=O)N5CCCC(O)C5)ccc4[nH]3)c21. The van der Waals surface area contributed by atoms with Crippen LogP contribution >= 0.6 is 11.6 Å². The van der Waals surface area contributed by atoms with E-state index in [0.29, 0.717) is 35.8 Å². The van der Waals surface area contributed by atoms with Gasteiger partial charge >= 0.3 is 0 Å². The van der Waals surface area contributed by atoms with Crippen LogP contribution < -0.4 is 5.32 Å². The molecule has 3 N–H and O–H groups in total. The lowest BCUT2D eigenvalue weighted by molar-refractivity contribution is 0.0474. The van der Waals surface area contributed by atoms with Crippen molar-refractivity contribution in [2.75, 3.05) is 13.1 Å². The highest BCUT2D eigenvalue weighted by Crippen LogP contribution is 2.35. The van der Waals surface area contributed by atoms with Crippen molar-refractivity contribution < 1.29 is 14.7 Å². The number of β-amino-alcohol motifs (C(OH)–C–C–N with tert-alkyl or cyclic N) is 1. The van der Waals surface area contributed by atoms with E-state index in [2.05, 4.69) is 10.3 Å². The van der Waals surface area contributed by atoms with Gasteiger partial charge in [0.2, 0.25) is 0 Å². The van der Waals surface area contributed by atoms with Gasteiger partial charge in [0, 0.05) is 57.9 Å². The van der Waals surface area contributed by atoms with Gasteiger partial charge in [0.25, 0.3) is 11.8 Å². The van der Waals surface area contributed by atoms with Gasteiger partial charge in [-0.25, -0.2) is 0 Å². The summed E-state index contributed by atoms with van der Waals surface area (Å²) in [7, 11) is 0. The second-order valence-electron chi connectivity index (χ2n) is 7.66. The number of halogens is 1. The molecule has 1 saturated heterocycles.